The Morgan fingerprint density at radius 3 is 2.62 bits per heavy atom. The summed E-state index contributed by atoms with van der Waals surface area (Å²) in [4.78, 5) is 17.5. The first kappa shape index (κ1) is 32.8. The van der Waals surface area contributed by atoms with E-state index >= 15 is 0 Å². The molecule has 0 radical (unpaired) electrons. The predicted octanol–water partition coefficient (Wildman–Crippen LogP) is 3.82. The number of cyclic esters (lactones) is 1. The number of rotatable bonds is 6. The number of hydrogen-bond acceptors (Lipinski definition) is 9. The van der Waals surface area contributed by atoms with Crippen LogP contribution in [0.2, 0.25) is 0 Å². The van der Waals surface area contributed by atoms with Gasteiger partial charge in [-0.15, -0.1) is 11.3 Å². The molecule has 1 aromatic heterocycles. The van der Waals surface area contributed by atoms with Gasteiger partial charge in [-0.1, -0.05) is 54.5 Å². The number of ether oxygens (including phenoxy) is 1. The Hall–Kier alpha value is -2.40. The number of allylic oxidation sites excluding steroid dienone is 6. The van der Waals surface area contributed by atoms with Gasteiger partial charge in [-0.05, 0) is 52.5 Å². The molecular weight excluding hydrogens is 518 g/mol. The van der Waals surface area contributed by atoms with Crippen LogP contribution in [0.4, 0.5) is 0 Å². The van der Waals surface area contributed by atoms with E-state index in [0.717, 1.165) is 11.1 Å². The third-order valence-corrected chi connectivity index (χ3v) is 7.76. The van der Waals surface area contributed by atoms with Crippen LogP contribution < -0.4 is 0 Å². The van der Waals surface area contributed by atoms with Crippen LogP contribution in [0.25, 0.3) is 6.08 Å². The molecule has 2 rings (SSSR count). The zero-order chi connectivity index (χ0) is 29.1. The molecular formula is C30H43NO7S. The number of nitrogens with zero attached hydrogens (tertiary/aromatic N) is 1. The van der Waals surface area contributed by atoms with E-state index in [-0.39, 0.29) is 30.9 Å². The van der Waals surface area contributed by atoms with Gasteiger partial charge in [0.25, 0.3) is 0 Å². The highest BCUT2D eigenvalue weighted by Crippen LogP contribution is 2.28. The Labute approximate surface area is 235 Å². The number of thiazole rings is 1. The van der Waals surface area contributed by atoms with Gasteiger partial charge in [0.1, 0.15) is 5.01 Å². The van der Waals surface area contributed by atoms with Gasteiger partial charge in [0.15, 0.2) is 6.10 Å². The van der Waals surface area contributed by atoms with Gasteiger partial charge < -0.3 is 30.3 Å². The molecule has 7 unspecified atom stereocenters. The van der Waals surface area contributed by atoms with Crippen molar-refractivity contribution in [3.05, 3.63) is 69.3 Å². The van der Waals surface area contributed by atoms with E-state index in [2.05, 4.69) is 4.98 Å². The molecule has 2 heterocycles. The number of carbonyl (C=O) groups is 1. The summed E-state index contributed by atoms with van der Waals surface area (Å²) >= 11 is 1.23. The molecule has 9 heteroatoms. The van der Waals surface area contributed by atoms with Crippen molar-refractivity contribution in [2.24, 2.45) is 5.92 Å². The standard InChI is InChI=1S/C30H43NO7S/c1-6-18(2)12-19(3)13-20(4)27(36)28-25(34)11-9-7-8-10-23(33)15-26(35)24(16-32)29-31-22(17-39-29)14-21(5)30(37)38-28/h6-10,12,14,17,20,23-28,32-36H,11,13,15-16H2,1-5H3. The lowest BCUT2D eigenvalue weighted by atomic mass is 9.89. The first-order chi connectivity index (χ1) is 18.5. The molecule has 7 atom stereocenters. The molecule has 1 aliphatic heterocycles. The fourth-order valence-electron chi connectivity index (χ4n) is 4.37. The average molecular weight is 562 g/mol. The molecule has 0 saturated heterocycles. The Bertz CT molecular complexity index is 1090. The molecule has 0 fully saturated rings. The summed E-state index contributed by atoms with van der Waals surface area (Å²) in [6, 6.07) is 0. The summed E-state index contributed by atoms with van der Waals surface area (Å²) in [6.07, 6.45) is 7.12. The Morgan fingerprint density at radius 2 is 1.95 bits per heavy atom. The van der Waals surface area contributed by atoms with Gasteiger partial charge in [-0.2, -0.15) is 0 Å². The van der Waals surface area contributed by atoms with Crippen LogP contribution >= 0.6 is 11.3 Å². The Morgan fingerprint density at radius 1 is 1.23 bits per heavy atom. The van der Waals surface area contributed by atoms with E-state index in [1.165, 1.54) is 23.5 Å². The van der Waals surface area contributed by atoms with E-state index in [0.29, 0.717) is 17.1 Å². The number of fused-ring (bicyclic) bond motifs is 2. The molecule has 0 aliphatic carbocycles. The SMILES string of the molecule is CC=C(C)C=C(C)CC(C)C(O)C1OC(=O)C(C)=Cc2csc(n2)C(CO)C(O)CC(O)C=CC=CCC1O. The van der Waals surface area contributed by atoms with Crippen LogP contribution in [-0.2, 0) is 9.53 Å². The number of hydrogen-bond donors (Lipinski definition) is 5. The van der Waals surface area contributed by atoms with Crippen molar-refractivity contribution >= 4 is 23.4 Å². The summed E-state index contributed by atoms with van der Waals surface area (Å²) in [5.41, 5.74) is 2.83. The summed E-state index contributed by atoms with van der Waals surface area (Å²) in [7, 11) is 0. The summed E-state index contributed by atoms with van der Waals surface area (Å²) < 4.78 is 5.68. The van der Waals surface area contributed by atoms with Gasteiger partial charge in [-0.3, -0.25) is 0 Å². The van der Waals surface area contributed by atoms with Crippen molar-refractivity contribution in [2.45, 2.75) is 90.3 Å². The van der Waals surface area contributed by atoms with Crippen molar-refractivity contribution in [3.8, 4) is 0 Å². The fraction of sp³-hybridized carbons (Fsp3) is 0.533. The van der Waals surface area contributed by atoms with Gasteiger partial charge in [-0.25, -0.2) is 9.78 Å². The zero-order valence-corrected chi connectivity index (χ0v) is 24.2. The van der Waals surface area contributed by atoms with Crippen LogP contribution in [0.1, 0.15) is 70.5 Å². The highest BCUT2D eigenvalue weighted by molar-refractivity contribution is 7.09. The van der Waals surface area contributed by atoms with Crippen molar-refractivity contribution in [3.63, 3.8) is 0 Å². The number of esters is 1. The monoisotopic (exact) mass is 561 g/mol. The minimum Gasteiger partial charge on any atom is -0.453 e. The lowest BCUT2D eigenvalue weighted by Crippen LogP contribution is -2.44. The topological polar surface area (TPSA) is 140 Å². The molecule has 0 amide bonds. The first-order valence-electron chi connectivity index (χ1n) is 13.3. The maximum atomic E-state index is 13.0. The second-order valence-corrected chi connectivity index (χ2v) is 11.2. The van der Waals surface area contributed by atoms with Gasteiger partial charge in [0, 0.05) is 17.4 Å². The quantitative estimate of drug-likeness (QED) is 0.261. The molecule has 2 bridgehead atoms. The zero-order valence-electron chi connectivity index (χ0n) is 23.4. The maximum absolute atomic E-state index is 13.0. The lowest BCUT2D eigenvalue weighted by Gasteiger charge is -2.31. The van der Waals surface area contributed by atoms with Crippen molar-refractivity contribution in [2.75, 3.05) is 6.61 Å². The largest absolute Gasteiger partial charge is 0.453 e. The van der Waals surface area contributed by atoms with E-state index < -0.39 is 42.4 Å². The van der Waals surface area contributed by atoms with Crippen LogP contribution in [0.5, 0.6) is 0 Å². The number of aliphatic hydroxyl groups excluding tert-OH is 5. The van der Waals surface area contributed by atoms with Gasteiger partial charge >= 0.3 is 5.97 Å². The van der Waals surface area contributed by atoms with E-state index in [9.17, 15) is 30.3 Å². The van der Waals surface area contributed by atoms with Crippen LogP contribution in [0, 0.1) is 5.92 Å². The predicted molar refractivity (Wildman–Crippen MR) is 154 cm³/mol. The highest BCUT2D eigenvalue weighted by Gasteiger charge is 2.34. The normalized spacial score (nSPS) is 27.8. The van der Waals surface area contributed by atoms with Crippen LogP contribution in [0.3, 0.4) is 0 Å². The molecule has 216 valence electrons. The minimum atomic E-state index is -1.18. The van der Waals surface area contributed by atoms with Gasteiger partial charge in [0.05, 0.1) is 42.6 Å². The van der Waals surface area contributed by atoms with E-state index in [4.69, 9.17) is 4.74 Å². The number of aliphatic hydroxyl groups is 5. The van der Waals surface area contributed by atoms with Crippen molar-refractivity contribution in [1.82, 2.24) is 4.98 Å². The minimum absolute atomic E-state index is 0.00187. The van der Waals surface area contributed by atoms with E-state index in [1.807, 2.05) is 39.8 Å². The summed E-state index contributed by atoms with van der Waals surface area (Å²) in [5, 5.41) is 55.0. The van der Waals surface area contributed by atoms with E-state index in [1.54, 1.807) is 30.5 Å². The second-order valence-electron chi connectivity index (χ2n) is 10.3. The molecule has 39 heavy (non-hydrogen) atoms. The molecule has 1 aromatic rings. The molecule has 0 saturated carbocycles. The Kier molecular flexibility index (Phi) is 13.5. The summed E-state index contributed by atoms with van der Waals surface area (Å²) in [6.45, 7) is 8.98. The van der Waals surface area contributed by atoms with Crippen molar-refractivity contribution < 1.29 is 35.1 Å². The Balaban J connectivity index is 2.37. The fourth-order valence-corrected chi connectivity index (χ4v) is 5.30. The number of carbonyl (C=O) groups excluding carboxylic acids is 1. The second kappa shape index (κ2) is 16.0. The summed E-state index contributed by atoms with van der Waals surface area (Å²) in [5.74, 6) is -1.68. The molecule has 0 aromatic carbocycles. The molecule has 5 N–H and O–H groups in total. The van der Waals surface area contributed by atoms with Crippen LogP contribution in [0.15, 0.2) is 58.6 Å². The highest BCUT2D eigenvalue weighted by atomic mass is 32.1. The average Bonchev–Trinajstić information content (AvgIpc) is 3.33. The molecule has 1 aliphatic rings. The van der Waals surface area contributed by atoms with Gasteiger partial charge in [0.2, 0.25) is 0 Å². The van der Waals surface area contributed by atoms with Crippen molar-refractivity contribution in [1.29, 1.82) is 0 Å². The molecule has 0 spiro atoms. The first-order valence-corrected chi connectivity index (χ1v) is 14.2. The maximum Gasteiger partial charge on any atom is 0.334 e. The lowest BCUT2D eigenvalue weighted by molar-refractivity contribution is -0.162. The third-order valence-electron chi connectivity index (χ3n) is 6.76. The van der Waals surface area contributed by atoms with Crippen LogP contribution in [-0.4, -0.2) is 73.6 Å². The smallest absolute Gasteiger partial charge is 0.334 e. The number of aromatic nitrogens is 1. The molecule has 8 nitrogen and oxygen atoms in total. The third kappa shape index (κ3) is 10.3.